The number of methoxy groups -OCH3 is 2. The molecule has 0 atom stereocenters. The van der Waals surface area contributed by atoms with E-state index in [1.165, 1.54) is 13.2 Å². The van der Waals surface area contributed by atoms with Gasteiger partial charge in [0.2, 0.25) is 5.95 Å². The molecule has 0 aliphatic carbocycles. The maximum absolute atomic E-state index is 14.1. The standard InChI is InChI=1S/C15H14FN3O2/c1-20-9-4-6-13-12(7-9)18-15(17)19(13)14-8-10(21-2)3-5-11(14)16/h3-8H,1-2H3,(H2,17,18). The molecule has 0 saturated heterocycles. The highest BCUT2D eigenvalue weighted by atomic mass is 19.1. The predicted octanol–water partition coefficient (Wildman–Crippen LogP) is 2.76. The van der Waals surface area contributed by atoms with Crippen molar-refractivity contribution in [1.29, 1.82) is 0 Å². The van der Waals surface area contributed by atoms with Crippen molar-refractivity contribution in [1.82, 2.24) is 9.55 Å². The summed E-state index contributed by atoms with van der Waals surface area (Å²) in [7, 11) is 3.10. The molecule has 0 aliphatic heterocycles. The second kappa shape index (κ2) is 4.97. The lowest BCUT2D eigenvalue weighted by molar-refractivity contribution is 0.413. The summed E-state index contributed by atoms with van der Waals surface area (Å²) >= 11 is 0. The summed E-state index contributed by atoms with van der Waals surface area (Å²) in [6.07, 6.45) is 0. The minimum atomic E-state index is -0.405. The summed E-state index contributed by atoms with van der Waals surface area (Å²) in [5.74, 6) is 1.00. The van der Waals surface area contributed by atoms with Crippen LogP contribution in [-0.4, -0.2) is 23.8 Å². The molecule has 6 heteroatoms. The van der Waals surface area contributed by atoms with Gasteiger partial charge in [0.05, 0.1) is 30.9 Å². The van der Waals surface area contributed by atoms with Crippen LogP contribution in [0.5, 0.6) is 11.5 Å². The number of hydrogen-bond acceptors (Lipinski definition) is 4. The molecule has 0 bridgehead atoms. The highest BCUT2D eigenvalue weighted by Crippen LogP contribution is 2.29. The van der Waals surface area contributed by atoms with Gasteiger partial charge in [-0.05, 0) is 24.3 Å². The summed E-state index contributed by atoms with van der Waals surface area (Å²) in [4.78, 5) is 4.25. The molecule has 0 fully saturated rings. The first-order valence-electron chi connectivity index (χ1n) is 6.30. The highest BCUT2D eigenvalue weighted by Gasteiger charge is 2.15. The van der Waals surface area contributed by atoms with Gasteiger partial charge in [0.15, 0.2) is 0 Å². The second-order valence-corrected chi connectivity index (χ2v) is 4.48. The normalized spacial score (nSPS) is 10.8. The molecule has 0 saturated carbocycles. The molecule has 5 nitrogen and oxygen atoms in total. The topological polar surface area (TPSA) is 62.3 Å². The average molecular weight is 287 g/mol. The zero-order chi connectivity index (χ0) is 15.0. The van der Waals surface area contributed by atoms with Crippen LogP contribution in [0.3, 0.4) is 0 Å². The van der Waals surface area contributed by atoms with Gasteiger partial charge < -0.3 is 15.2 Å². The van der Waals surface area contributed by atoms with Crippen LogP contribution in [0, 0.1) is 5.82 Å². The molecule has 2 aromatic carbocycles. The molecule has 0 amide bonds. The fourth-order valence-electron chi connectivity index (χ4n) is 2.25. The molecule has 2 N–H and O–H groups in total. The SMILES string of the molecule is COc1ccc(F)c(-n2c(N)nc3cc(OC)ccc32)c1. The van der Waals surface area contributed by atoms with Gasteiger partial charge in [-0.1, -0.05) is 0 Å². The van der Waals surface area contributed by atoms with Gasteiger partial charge in [0, 0.05) is 12.1 Å². The number of nitrogen functional groups attached to an aromatic ring is 1. The number of nitrogens with two attached hydrogens (primary N) is 1. The Morgan fingerprint density at radius 3 is 2.43 bits per heavy atom. The zero-order valence-corrected chi connectivity index (χ0v) is 11.6. The van der Waals surface area contributed by atoms with E-state index < -0.39 is 5.82 Å². The van der Waals surface area contributed by atoms with Crippen molar-refractivity contribution in [3.63, 3.8) is 0 Å². The summed E-state index contributed by atoms with van der Waals surface area (Å²) in [6.45, 7) is 0. The van der Waals surface area contributed by atoms with Gasteiger partial charge >= 0.3 is 0 Å². The fourth-order valence-corrected chi connectivity index (χ4v) is 2.25. The number of rotatable bonds is 3. The Bertz CT molecular complexity index is 814. The number of imidazole rings is 1. The van der Waals surface area contributed by atoms with Gasteiger partial charge in [0.25, 0.3) is 0 Å². The number of hydrogen-bond donors (Lipinski definition) is 1. The number of nitrogens with zero attached hydrogens (tertiary/aromatic N) is 2. The highest BCUT2D eigenvalue weighted by molar-refractivity contribution is 5.82. The first-order valence-corrected chi connectivity index (χ1v) is 6.30. The molecule has 108 valence electrons. The van der Waals surface area contributed by atoms with Gasteiger partial charge in [0.1, 0.15) is 17.3 Å². The molecule has 0 unspecified atom stereocenters. The van der Waals surface area contributed by atoms with Gasteiger partial charge in [-0.3, -0.25) is 4.57 Å². The number of ether oxygens (including phenoxy) is 2. The van der Waals surface area contributed by atoms with Crippen LogP contribution >= 0.6 is 0 Å². The van der Waals surface area contributed by atoms with Crippen molar-refractivity contribution >= 4 is 17.0 Å². The number of fused-ring (bicyclic) bond motifs is 1. The monoisotopic (exact) mass is 287 g/mol. The van der Waals surface area contributed by atoms with Gasteiger partial charge in [-0.25, -0.2) is 9.37 Å². The summed E-state index contributed by atoms with van der Waals surface area (Å²) < 4.78 is 26.0. The average Bonchev–Trinajstić information content (AvgIpc) is 2.82. The molecule has 0 spiro atoms. The Labute approximate surface area is 120 Å². The van der Waals surface area contributed by atoms with E-state index in [2.05, 4.69) is 4.98 Å². The first kappa shape index (κ1) is 13.2. The number of anilines is 1. The fraction of sp³-hybridized carbons (Fsp3) is 0.133. The van der Waals surface area contributed by atoms with Crippen LogP contribution < -0.4 is 15.2 Å². The maximum Gasteiger partial charge on any atom is 0.206 e. The molecule has 1 heterocycles. The molecule has 3 aromatic rings. The van der Waals surface area contributed by atoms with E-state index in [9.17, 15) is 4.39 Å². The molecular weight excluding hydrogens is 273 g/mol. The molecular formula is C15H14FN3O2. The number of aromatic nitrogens is 2. The van der Waals surface area contributed by atoms with Crippen molar-refractivity contribution in [2.45, 2.75) is 0 Å². The Hall–Kier alpha value is -2.76. The smallest absolute Gasteiger partial charge is 0.206 e. The molecule has 1 aromatic heterocycles. The number of halogens is 1. The quantitative estimate of drug-likeness (QED) is 0.804. The Morgan fingerprint density at radius 2 is 1.71 bits per heavy atom. The van der Waals surface area contributed by atoms with Crippen LogP contribution in [0.25, 0.3) is 16.7 Å². The van der Waals surface area contributed by atoms with E-state index >= 15 is 0 Å². The summed E-state index contributed by atoms with van der Waals surface area (Å²) in [5, 5.41) is 0. The third kappa shape index (κ3) is 2.14. The zero-order valence-electron chi connectivity index (χ0n) is 11.6. The first-order chi connectivity index (χ1) is 10.1. The second-order valence-electron chi connectivity index (χ2n) is 4.48. The maximum atomic E-state index is 14.1. The third-order valence-corrected chi connectivity index (χ3v) is 3.28. The van der Waals surface area contributed by atoms with Crippen molar-refractivity contribution in [3.05, 3.63) is 42.2 Å². The minimum absolute atomic E-state index is 0.199. The van der Waals surface area contributed by atoms with Crippen LogP contribution in [0.1, 0.15) is 0 Å². The lowest BCUT2D eigenvalue weighted by atomic mass is 10.2. The van der Waals surface area contributed by atoms with E-state index in [-0.39, 0.29) is 5.95 Å². The minimum Gasteiger partial charge on any atom is -0.497 e. The largest absolute Gasteiger partial charge is 0.497 e. The van der Waals surface area contributed by atoms with E-state index in [1.54, 1.807) is 42.0 Å². The van der Waals surface area contributed by atoms with Gasteiger partial charge in [-0.2, -0.15) is 0 Å². The number of benzene rings is 2. The van der Waals surface area contributed by atoms with Crippen molar-refractivity contribution in [2.75, 3.05) is 20.0 Å². The van der Waals surface area contributed by atoms with E-state index in [0.29, 0.717) is 28.2 Å². The lowest BCUT2D eigenvalue weighted by Crippen LogP contribution is -2.03. The third-order valence-electron chi connectivity index (χ3n) is 3.28. The van der Waals surface area contributed by atoms with Crippen LogP contribution in [0.15, 0.2) is 36.4 Å². The van der Waals surface area contributed by atoms with Crippen LogP contribution in [0.2, 0.25) is 0 Å². The summed E-state index contributed by atoms with van der Waals surface area (Å²) in [5.41, 5.74) is 7.56. The Morgan fingerprint density at radius 1 is 1.05 bits per heavy atom. The molecule has 0 radical (unpaired) electrons. The van der Waals surface area contributed by atoms with Crippen molar-refractivity contribution in [3.8, 4) is 17.2 Å². The summed E-state index contributed by atoms with van der Waals surface area (Å²) in [6, 6.07) is 9.78. The van der Waals surface area contributed by atoms with Gasteiger partial charge in [-0.15, -0.1) is 0 Å². The van der Waals surface area contributed by atoms with E-state index in [0.717, 1.165) is 0 Å². The van der Waals surface area contributed by atoms with Crippen LogP contribution in [0.4, 0.5) is 10.3 Å². The van der Waals surface area contributed by atoms with E-state index in [4.69, 9.17) is 15.2 Å². The lowest BCUT2D eigenvalue weighted by Gasteiger charge is -2.10. The Balaban J connectivity index is 2.27. The molecule has 3 rings (SSSR count). The predicted molar refractivity (Wildman–Crippen MR) is 78.5 cm³/mol. The molecule has 21 heavy (non-hydrogen) atoms. The molecule has 0 aliphatic rings. The van der Waals surface area contributed by atoms with Crippen molar-refractivity contribution < 1.29 is 13.9 Å². The Kier molecular flexibility index (Phi) is 3.13. The van der Waals surface area contributed by atoms with Crippen LogP contribution in [-0.2, 0) is 0 Å². The van der Waals surface area contributed by atoms with E-state index in [1.807, 2.05) is 0 Å². The van der Waals surface area contributed by atoms with Crippen molar-refractivity contribution in [2.24, 2.45) is 0 Å².